The topological polar surface area (TPSA) is 49.8 Å². The summed E-state index contributed by atoms with van der Waals surface area (Å²) in [5.74, 6) is 4.72. The third-order valence-corrected chi connectivity index (χ3v) is 1.42. The zero-order chi connectivity index (χ0) is 9.68. The highest BCUT2D eigenvalue weighted by molar-refractivity contribution is 5.40. The molecule has 0 fully saturated rings. The van der Waals surface area contributed by atoms with E-state index in [1.807, 2.05) is 0 Å². The molecule has 0 saturated carbocycles. The van der Waals surface area contributed by atoms with Crippen molar-refractivity contribution in [2.24, 2.45) is 5.73 Å². The summed E-state index contributed by atoms with van der Waals surface area (Å²) in [6.07, 6.45) is 0. The van der Waals surface area contributed by atoms with Gasteiger partial charge in [0.15, 0.2) is 0 Å². The summed E-state index contributed by atoms with van der Waals surface area (Å²) in [6.45, 7) is 0.238. The van der Waals surface area contributed by atoms with Gasteiger partial charge in [-0.1, -0.05) is 11.8 Å². The molecule has 13 heavy (non-hydrogen) atoms. The Morgan fingerprint density at radius 2 is 2.23 bits per heavy atom. The molecule has 0 heterocycles. The minimum absolute atomic E-state index is 0.0262. The van der Waals surface area contributed by atoms with Crippen molar-refractivity contribution in [1.82, 2.24) is 0 Å². The van der Waals surface area contributed by atoms with Gasteiger partial charge in [0, 0.05) is 5.56 Å². The number of benzene rings is 1. The van der Waals surface area contributed by atoms with E-state index in [2.05, 4.69) is 11.8 Å². The van der Waals surface area contributed by atoms with Crippen molar-refractivity contribution in [2.75, 3.05) is 6.54 Å². The first-order chi connectivity index (χ1) is 6.27. The fraction of sp³-hybridized carbons (Fsp3) is 0.100. The monoisotopic (exact) mass is 174 g/mol. The average Bonchev–Trinajstić information content (AvgIpc) is 2.15. The van der Waals surface area contributed by atoms with Crippen LogP contribution in [0.15, 0.2) is 18.2 Å². The molecule has 1 aromatic rings. The zero-order valence-electron chi connectivity index (χ0n) is 6.84. The molecule has 0 aliphatic carbocycles. The molecule has 0 unspecified atom stereocenters. The standard InChI is InChI=1S/C10H7FN2/c11-10-6-8(2-1-5-12)3-4-9(10)7-13/h3-4,6H,5,12H2. The summed E-state index contributed by atoms with van der Waals surface area (Å²) < 4.78 is 13.0. The average molecular weight is 174 g/mol. The minimum atomic E-state index is -0.550. The summed E-state index contributed by atoms with van der Waals surface area (Å²) in [6, 6.07) is 5.94. The second-order valence-corrected chi connectivity index (χ2v) is 2.31. The van der Waals surface area contributed by atoms with E-state index in [1.54, 1.807) is 12.1 Å². The lowest BCUT2D eigenvalue weighted by Gasteiger charge is -1.93. The van der Waals surface area contributed by atoms with Gasteiger partial charge in [-0.3, -0.25) is 0 Å². The number of nitrogens with zero attached hydrogens (tertiary/aromatic N) is 1. The van der Waals surface area contributed by atoms with E-state index in [1.165, 1.54) is 12.1 Å². The Labute approximate surface area is 75.8 Å². The van der Waals surface area contributed by atoms with Gasteiger partial charge in [-0.25, -0.2) is 4.39 Å². The molecule has 0 atom stereocenters. The lowest BCUT2D eigenvalue weighted by molar-refractivity contribution is 0.623. The molecule has 0 bridgehead atoms. The number of nitriles is 1. The lowest BCUT2D eigenvalue weighted by Crippen LogP contribution is -1.93. The summed E-state index contributed by atoms with van der Waals surface area (Å²) in [5, 5.41) is 8.44. The van der Waals surface area contributed by atoms with Crippen molar-refractivity contribution < 1.29 is 4.39 Å². The van der Waals surface area contributed by atoms with Gasteiger partial charge in [0.25, 0.3) is 0 Å². The Morgan fingerprint density at radius 3 is 2.77 bits per heavy atom. The van der Waals surface area contributed by atoms with Crippen LogP contribution >= 0.6 is 0 Å². The molecule has 1 aromatic carbocycles. The van der Waals surface area contributed by atoms with Crippen molar-refractivity contribution in [3.8, 4) is 17.9 Å². The fourth-order valence-electron chi connectivity index (χ4n) is 0.837. The largest absolute Gasteiger partial charge is 0.320 e. The van der Waals surface area contributed by atoms with Crippen LogP contribution in [0.3, 0.4) is 0 Å². The van der Waals surface area contributed by atoms with Gasteiger partial charge in [0.2, 0.25) is 0 Å². The summed E-state index contributed by atoms with van der Waals surface area (Å²) >= 11 is 0. The Kier molecular flexibility index (Phi) is 3.03. The molecule has 0 aliphatic heterocycles. The van der Waals surface area contributed by atoms with Crippen LogP contribution in [0, 0.1) is 29.0 Å². The van der Waals surface area contributed by atoms with E-state index in [0.29, 0.717) is 5.56 Å². The molecule has 3 heteroatoms. The normalized spacial score (nSPS) is 8.38. The number of halogens is 1. The Bertz CT molecular complexity index is 407. The molecular formula is C10H7FN2. The Hall–Kier alpha value is -1.84. The molecule has 0 aliphatic rings. The maximum atomic E-state index is 13.0. The van der Waals surface area contributed by atoms with Crippen molar-refractivity contribution in [3.63, 3.8) is 0 Å². The van der Waals surface area contributed by atoms with Gasteiger partial charge in [-0.15, -0.1) is 0 Å². The fourth-order valence-corrected chi connectivity index (χ4v) is 0.837. The quantitative estimate of drug-likeness (QED) is 0.596. The van der Waals surface area contributed by atoms with Crippen LogP contribution in [0.2, 0.25) is 0 Å². The Balaban J connectivity index is 3.04. The number of hydrogen-bond donors (Lipinski definition) is 1. The predicted octanol–water partition coefficient (Wildman–Crippen LogP) is 1.01. The van der Waals surface area contributed by atoms with Crippen molar-refractivity contribution in [3.05, 3.63) is 35.1 Å². The van der Waals surface area contributed by atoms with Gasteiger partial charge in [-0.05, 0) is 18.2 Å². The highest BCUT2D eigenvalue weighted by Gasteiger charge is 1.99. The van der Waals surface area contributed by atoms with E-state index in [-0.39, 0.29) is 12.1 Å². The van der Waals surface area contributed by atoms with E-state index in [0.717, 1.165) is 0 Å². The van der Waals surface area contributed by atoms with E-state index >= 15 is 0 Å². The molecule has 2 nitrogen and oxygen atoms in total. The number of rotatable bonds is 0. The highest BCUT2D eigenvalue weighted by atomic mass is 19.1. The summed E-state index contributed by atoms with van der Waals surface area (Å²) in [4.78, 5) is 0. The van der Waals surface area contributed by atoms with E-state index in [9.17, 15) is 4.39 Å². The van der Waals surface area contributed by atoms with Crippen LogP contribution in [0.1, 0.15) is 11.1 Å². The van der Waals surface area contributed by atoms with Crippen LogP contribution in [0.5, 0.6) is 0 Å². The van der Waals surface area contributed by atoms with Crippen molar-refractivity contribution >= 4 is 0 Å². The second-order valence-electron chi connectivity index (χ2n) is 2.31. The van der Waals surface area contributed by atoms with Gasteiger partial charge in [0.05, 0.1) is 12.1 Å². The van der Waals surface area contributed by atoms with Crippen molar-refractivity contribution in [2.45, 2.75) is 0 Å². The number of nitrogens with two attached hydrogens (primary N) is 1. The molecule has 0 amide bonds. The van der Waals surface area contributed by atoms with E-state index < -0.39 is 5.82 Å². The zero-order valence-corrected chi connectivity index (χ0v) is 6.84. The minimum Gasteiger partial charge on any atom is -0.320 e. The number of hydrogen-bond acceptors (Lipinski definition) is 2. The van der Waals surface area contributed by atoms with Crippen molar-refractivity contribution in [1.29, 1.82) is 5.26 Å². The molecular weight excluding hydrogens is 167 g/mol. The van der Waals surface area contributed by atoms with Crippen LogP contribution in [0.25, 0.3) is 0 Å². The van der Waals surface area contributed by atoms with Crippen LogP contribution in [0.4, 0.5) is 4.39 Å². The predicted molar refractivity (Wildman–Crippen MR) is 47.0 cm³/mol. The highest BCUT2D eigenvalue weighted by Crippen LogP contribution is 2.07. The maximum absolute atomic E-state index is 13.0. The van der Waals surface area contributed by atoms with Gasteiger partial charge >= 0.3 is 0 Å². The molecule has 0 saturated heterocycles. The molecule has 1 rings (SSSR count). The molecule has 2 N–H and O–H groups in total. The summed E-state index contributed by atoms with van der Waals surface area (Å²) in [7, 11) is 0. The first-order valence-corrected chi connectivity index (χ1v) is 3.66. The smallest absolute Gasteiger partial charge is 0.142 e. The van der Waals surface area contributed by atoms with Crippen LogP contribution in [-0.2, 0) is 0 Å². The Morgan fingerprint density at radius 1 is 1.46 bits per heavy atom. The third kappa shape index (κ3) is 2.30. The first kappa shape index (κ1) is 9.25. The van der Waals surface area contributed by atoms with Gasteiger partial charge in [0.1, 0.15) is 11.9 Å². The van der Waals surface area contributed by atoms with Crippen LogP contribution in [-0.4, -0.2) is 6.54 Å². The van der Waals surface area contributed by atoms with Gasteiger partial charge in [-0.2, -0.15) is 5.26 Å². The first-order valence-electron chi connectivity index (χ1n) is 3.66. The lowest BCUT2D eigenvalue weighted by atomic mass is 10.1. The SMILES string of the molecule is N#Cc1ccc(C#CCN)cc1F. The van der Waals surface area contributed by atoms with Crippen LogP contribution < -0.4 is 5.73 Å². The van der Waals surface area contributed by atoms with Gasteiger partial charge < -0.3 is 5.73 Å². The maximum Gasteiger partial charge on any atom is 0.142 e. The molecule has 0 spiro atoms. The molecule has 64 valence electrons. The van der Waals surface area contributed by atoms with E-state index in [4.69, 9.17) is 11.0 Å². The molecule has 0 aromatic heterocycles. The summed E-state index contributed by atoms with van der Waals surface area (Å²) in [5.41, 5.74) is 5.71. The third-order valence-electron chi connectivity index (χ3n) is 1.42. The molecule has 0 radical (unpaired) electrons. The second kappa shape index (κ2) is 4.25.